The number of carboxylic acid groups (broad SMARTS) is 1. The average molecular weight is 418 g/mol. The summed E-state index contributed by atoms with van der Waals surface area (Å²) in [6.45, 7) is 2.13. The zero-order valence-corrected chi connectivity index (χ0v) is 17.0. The van der Waals surface area contributed by atoms with Crippen molar-refractivity contribution in [2.24, 2.45) is 0 Å². The molecule has 0 unspecified atom stereocenters. The smallest absolute Gasteiger partial charge is 0.335 e. The number of carbonyl (C=O) groups is 2. The van der Waals surface area contributed by atoms with Crippen molar-refractivity contribution in [3.8, 4) is 0 Å². The molecule has 7 nitrogen and oxygen atoms in total. The van der Waals surface area contributed by atoms with Crippen LogP contribution in [0.4, 0.5) is 11.4 Å². The van der Waals surface area contributed by atoms with Crippen molar-refractivity contribution in [3.63, 3.8) is 0 Å². The van der Waals surface area contributed by atoms with E-state index in [0.717, 1.165) is 5.56 Å². The second kappa shape index (κ2) is 9.67. The Labute approximate surface area is 179 Å². The number of hydrogen-bond acceptors (Lipinski definition) is 4. The minimum atomic E-state index is -1.05. The molecule has 158 valence electrons. The summed E-state index contributed by atoms with van der Waals surface area (Å²) < 4.78 is 0. The number of carboxylic acids is 1. The van der Waals surface area contributed by atoms with E-state index < -0.39 is 10.9 Å². The maximum atomic E-state index is 13.4. The molecule has 3 aromatic rings. The van der Waals surface area contributed by atoms with Gasteiger partial charge in [-0.3, -0.25) is 14.9 Å². The molecule has 0 aromatic heterocycles. The third-order valence-electron chi connectivity index (χ3n) is 5.01. The summed E-state index contributed by atoms with van der Waals surface area (Å²) >= 11 is 0. The standard InChI is InChI=1S/C24H22N2O5/c1-2-18-9-3-5-12-21(18)25(16-17-8-7-11-20(14-17)24(28)29)23(27)15-19-10-4-6-13-22(19)26(30)31/h3-14H,2,15-16H2,1H3,(H,28,29). The van der Waals surface area contributed by atoms with Crippen LogP contribution >= 0.6 is 0 Å². The Morgan fingerprint density at radius 1 is 0.968 bits per heavy atom. The van der Waals surface area contributed by atoms with E-state index in [1.165, 1.54) is 18.2 Å². The van der Waals surface area contributed by atoms with Gasteiger partial charge in [0.15, 0.2) is 0 Å². The molecule has 7 heteroatoms. The van der Waals surface area contributed by atoms with E-state index in [2.05, 4.69) is 0 Å². The minimum absolute atomic E-state index is 0.104. The molecule has 0 saturated carbocycles. The molecule has 0 atom stereocenters. The highest BCUT2D eigenvalue weighted by Gasteiger charge is 2.23. The van der Waals surface area contributed by atoms with Crippen LogP contribution in [0.1, 0.15) is 34.0 Å². The van der Waals surface area contributed by atoms with Gasteiger partial charge in [-0.2, -0.15) is 0 Å². The van der Waals surface area contributed by atoms with Crippen LogP contribution in [0.3, 0.4) is 0 Å². The van der Waals surface area contributed by atoms with E-state index in [9.17, 15) is 24.8 Å². The zero-order chi connectivity index (χ0) is 22.4. The summed E-state index contributed by atoms with van der Waals surface area (Å²) in [7, 11) is 0. The summed E-state index contributed by atoms with van der Waals surface area (Å²) in [6, 6.07) is 20.1. The lowest BCUT2D eigenvalue weighted by Crippen LogP contribution is -2.32. The molecule has 0 heterocycles. The van der Waals surface area contributed by atoms with Crippen LogP contribution in [0.15, 0.2) is 72.8 Å². The van der Waals surface area contributed by atoms with Gasteiger partial charge in [-0.05, 0) is 35.7 Å². The Bertz CT molecular complexity index is 1130. The first-order valence-electron chi connectivity index (χ1n) is 9.83. The molecule has 0 bridgehead atoms. The molecular formula is C24H22N2O5. The number of carbonyl (C=O) groups excluding carboxylic acids is 1. The van der Waals surface area contributed by atoms with Crippen LogP contribution in [0.2, 0.25) is 0 Å². The van der Waals surface area contributed by atoms with E-state index >= 15 is 0 Å². The van der Waals surface area contributed by atoms with Gasteiger partial charge in [-0.15, -0.1) is 0 Å². The number of nitro groups is 1. The molecule has 1 amide bonds. The Balaban J connectivity index is 2.00. The lowest BCUT2D eigenvalue weighted by atomic mass is 10.0. The maximum Gasteiger partial charge on any atom is 0.335 e. The van der Waals surface area contributed by atoms with Crippen LogP contribution in [0.5, 0.6) is 0 Å². The lowest BCUT2D eigenvalue weighted by molar-refractivity contribution is -0.385. The number of aryl methyl sites for hydroxylation is 1. The SMILES string of the molecule is CCc1ccccc1N(Cc1cccc(C(=O)O)c1)C(=O)Cc1ccccc1[N+](=O)[O-]. The molecule has 0 aliphatic heterocycles. The molecule has 3 aromatic carbocycles. The van der Waals surface area contributed by atoms with Gasteiger partial charge in [0.1, 0.15) is 0 Å². The number of rotatable bonds is 8. The first-order valence-corrected chi connectivity index (χ1v) is 9.83. The van der Waals surface area contributed by atoms with Crippen molar-refractivity contribution in [1.29, 1.82) is 0 Å². The van der Waals surface area contributed by atoms with Gasteiger partial charge >= 0.3 is 5.97 Å². The molecule has 0 radical (unpaired) electrons. The molecule has 0 fully saturated rings. The number of hydrogen-bond donors (Lipinski definition) is 1. The number of benzene rings is 3. The molecule has 0 spiro atoms. The quantitative estimate of drug-likeness (QED) is 0.424. The van der Waals surface area contributed by atoms with E-state index in [-0.39, 0.29) is 30.1 Å². The van der Waals surface area contributed by atoms with Gasteiger partial charge in [-0.1, -0.05) is 55.5 Å². The number of para-hydroxylation sites is 2. The second-order valence-corrected chi connectivity index (χ2v) is 7.03. The normalized spacial score (nSPS) is 10.5. The fourth-order valence-corrected chi connectivity index (χ4v) is 3.46. The van der Waals surface area contributed by atoms with Gasteiger partial charge in [0.05, 0.1) is 23.5 Å². The molecule has 0 saturated heterocycles. The van der Waals surface area contributed by atoms with Crippen LogP contribution in [0.25, 0.3) is 0 Å². The maximum absolute atomic E-state index is 13.4. The van der Waals surface area contributed by atoms with E-state index in [1.54, 1.807) is 35.2 Å². The van der Waals surface area contributed by atoms with Crippen LogP contribution in [-0.2, 0) is 24.2 Å². The molecular weight excluding hydrogens is 396 g/mol. The van der Waals surface area contributed by atoms with Gasteiger partial charge in [0.2, 0.25) is 5.91 Å². The van der Waals surface area contributed by atoms with Gasteiger partial charge in [0, 0.05) is 17.3 Å². The van der Waals surface area contributed by atoms with Crippen molar-refractivity contribution in [3.05, 3.63) is 105 Å². The van der Waals surface area contributed by atoms with Crippen molar-refractivity contribution < 1.29 is 19.6 Å². The predicted octanol–water partition coefficient (Wildman–Crippen LogP) is 4.63. The van der Waals surface area contributed by atoms with Gasteiger partial charge in [-0.25, -0.2) is 4.79 Å². The molecule has 31 heavy (non-hydrogen) atoms. The second-order valence-electron chi connectivity index (χ2n) is 7.03. The molecule has 0 aliphatic rings. The van der Waals surface area contributed by atoms with Crippen LogP contribution in [-0.4, -0.2) is 21.9 Å². The molecule has 0 aliphatic carbocycles. The Kier molecular flexibility index (Phi) is 6.77. The number of nitro benzene ring substituents is 1. The van der Waals surface area contributed by atoms with Crippen molar-refractivity contribution in [2.45, 2.75) is 26.3 Å². The Morgan fingerprint density at radius 2 is 1.65 bits per heavy atom. The minimum Gasteiger partial charge on any atom is -0.478 e. The van der Waals surface area contributed by atoms with Gasteiger partial charge in [0.25, 0.3) is 5.69 Å². The fraction of sp³-hybridized carbons (Fsp3) is 0.167. The third-order valence-corrected chi connectivity index (χ3v) is 5.01. The molecule has 1 N–H and O–H groups in total. The highest BCUT2D eigenvalue weighted by Crippen LogP contribution is 2.26. The third kappa shape index (κ3) is 5.14. The Hall–Kier alpha value is -4.00. The number of aromatic carboxylic acids is 1. The monoisotopic (exact) mass is 418 g/mol. The molecule has 3 rings (SSSR count). The number of anilines is 1. The van der Waals surface area contributed by atoms with Crippen molar-refractivity contribution in [1.82, 2.24) is 0 Å². The summed E-state index contributed by atoms with van der Waals surface area (Å²) in [4.78, 5) is 37.1. The highest BCUT2D eigenvalue weighted by atomic mass is 16.6. The van der Waals surface area contributed by atoms with E-state index in [4.69, 9.17) is 0 Å². The number of nitrogens with zero attached hydrogens (tertiary/aromatic N) is 2. The highest BCUT2D eigenvalue weighted by molar-refractivity contribution is 5.96. The summed E-state index contributed by atoms with van der Waals surface area (Å²) in [5, 5.41) is 20.6. The van der Waals surface area contributed by atoms with Crippen LogP contribution < -0.4 is 4.90 Å². The lowest BCUT2D eigenvalue weighted by Gasteiger charge is -2.25. The largest absolute Gasteiger partial charge is 0.478 e. The first kappa shape index (κ1) is 21.7. The van der Waals surface area contributed by atoms with Crippen molar-refractivity contribution >= 4 is 23.3 Å². The predicted molar refractivity (Wildman–Crippen MR) is 117 cm³/mol. The van der Waals surface area contributed by atoms with Crippen molar-refractivity contribution in [2.75, 3.05) is 4.90 Å². The van der Waals surface area contributed by atoms with E-state index in [0.29, 0.717) is 23.2 Å². The first-order chi connectivity index (χ1) is 14.9. The summed E-state index contributed by atoms with van der Waals surface area (Å²) in [6.07, 6.45) is 0.550. The fourth-order valence-electron chi connectivity index (χ4n) is 3.46. The van der Waals surface area contributed by atoms with Crippen LogP contribution in [0, 0.1) is 10.1 Å². The number of amides is 1. The average Bonchev–Trinajstić information content (AvgIpc) is 2.77. The zero-order valence-electron chi connectivity index (χ0n) is 17.0. The Morgan fingerprint density at radius 3 is 2.32 bits per heavy atom. The summed E-state index contributed by atoms with van der Waals surface area (Å²) in [5.74, 6) is -1.36. The van der Waals surface area contributed by atoms with E-state index in [1.807, 2.05) is 31.2 Å². The summed E-state index contributed by atoms with van der Waals surface area (Å²) in [5.41, 5.74) is 2.67. The van der Waals surface area contributed by atoms with Gasteiger partial charge < -0.3 is 10.0 Å². The topological polar surface area (TPSA) is 101 Å².